The van der Waals surface area contributed by atoms with E-state index < -0.39 is 41.0 Å². The van der Waals surface area contributed by atoms with Crippen LogP contribution in [0.5, 0.6) is 0 Å². The minimum Gasteiger partial charge on any atom is -0.857 e. The first kappa shape index (κ1) is 25.7. The van der Waals surface area contributed by atoms with Crippen LogP contribution >= 0.6 is 23.1 Å². The second kappa shape index (κ2) is 10.8. The Balaban J connectivity index is 0.00000363. The second-order valence-corrected chi connectivity index (χ2v) is 8.01. The molecule has 2 aliphatic heterocycles. The van der Waals surface area contributed by atoms with E-state index in [1.807, 2.05) is 0 Å². The molecule has 0 aliphatic carbocycles. The van der Waals surface area contributed by atoms with Crippen molar-refractivity contribution in [2.24, 2.45) is 15.9 Å². The molecule has 13 nitrogen and oxygen atoms in total. The van der Waals surface area contributed by atoms with Crippen molar-refractivity contribution in [3.63, 3.8) is 0 Å². The fourth-order valence-electron chi connectivity index (χ4n) is 2.84. The van der Waals surface area contributed by atoms with Gasteiger partial charge in [0, 0.05) is 17.0 Å². The zero-order valence-corrected chi connectivity index (χ0v) is 20.1. The quantitative estimate of drug-likeness (QED) is 0.0724. The smallest absolute Gasteiger partial charge is 0.857 e. The molecule has 3 rings (SSSR count). The molecule has 2 atom stereocenters. The number of β-lactam (4-membered cyclic amide) rings is 1. The molecule has 2 aliphatic rings. The van der Waals surface area contributed by atoms with Crippen LogP contribution in [-0.4, -0.2) is 73.6 Å². The van der Waals surface area contributed by atoms with Gasteiger partial charge in [0.1, 0.15) is 29.1 Å². The van der Waals surface area contributed by atoms with Gasteiger partial charge >= 0.3 is 41.6 Å². The van der Waals surface area contributed by atoms with Gasteiger partial charge in [-0.2, -0.15) is 0 Å². The van der Waals surface area contributed by atoms with E-state index in [0.29, 0.717) is 5.57 Å². The average molecular weight is 490 g/mol. The predicted molar refractivity (Wildman–Crippen MR) is 109 cm³/mol. The molecule has 32 heavy (non-hydrogen) atoms. The number of carboxylic acids is 1. The van der Waals surface area contributed by atoms with E-state index in [-0.39, 0.29) is 58.4 Å². The van der Waals surface area contributed by atoms with E-state index in [0.717, 1.165) is 16.2 Å². The van der Waals surface area contributed by atoms with Crippen LogP contribution in [0.4, 0.5) is 9.93 Å². The van der Waals surface area contributed by atoms with Gasteiger partial charge in [0.05, 0.1) is 0 Å². The summed E-state index contributed by atoms with van der Waals surface area (Å²) >= 11 is 2.22. The number of ether oxygens (including phenoxy) is 1. The summed E-state index contributed by atoms with van der Waals surface area (Å²) in [6.45, 7) is -0.162. The van der Waals surface area contributed by atoms with Crippen LogP contribution in [-0.2, 0) is 14.3 Å². The van der Waals surface area contributed by atoms with E-state index >= 15 is 0 Å². The first-order valence-electron chi connectivity index (χ1n) is 8.43. The maximum atomic E-state index is 12.6. The standard InChI is InChI=1S/C16H16N6O7S2.Na/c17-15-19-7(5-31-15)8(21-28)11(23)20-9-12(24)22-10(14(25)26)6(4-30-13(9)22)2-1-3-29-16(18)27;/h1-2,5,9,13,28H,3-4H2,(H2,17,19)(H2,18,27)(H,20,23)(H,25,26);/q;+1/p-1/b2-1-,21-8+;/t9-,13-;/m1./s1. The van der Waals surface area contributed by atoms with E-state index in [2.05, 4.69) is 19.9 Å². The first-order valence-corrected chi connectivity index (χ1v) is 10.4. The maximum Gasteiger partial charge on any atom is 1.00 e. The molecule has 6 N–H and O–H groups in total. The zero-order valence-electron chi connectivity index (χ0n) is 16.5. The number of thiazole rings is 1. The SMILES string of the molecule is NC(=O)OC/C=C\C1=C(C(=O)O)N2C(=O)[C@@H](N=C([O-])/C(=N/O)c3csc(N)n3)[C@H]2SC1.[Na+]. The molecule has 0 bridgehead atoms. The van der Waals surface area contributed by atoms with Gasteiger partial charge in [-0.15, -0.1) is 23.1 Å². The number of oxime groups is 1. The van der Waals surface area contributed by atoms with Gasteiger partial charge in [0.25, 0.3) is 5.91 Å². The van der Waals surface area contributed by atoms with Crippen molar-refractivity contribution < 1.29 is 64.1 Å². The number of aliphatic imine (C=N–C) groups is 1. The topological polar surface area (TPSA) is 217 Å². The number of carbonyl (C=O) groups is 3. The normalized spacial score (nSPS) is 21.1. The summed E-state index contributed by atoms with van der Waals surface area (Å²) in [4.78, 5) is 43.6. The summed E-state index contributed by atoms with van der Waals surface area (Å²) in [5.74, 6) is -2.82. The first-order chi connectivity index (χ1) is 14.7. The van der Waals surface area contributed by atoms with Gasteiger partial charge in [0.2, 0.25) is 0 Å². The molecule has 1 aromatic rings. The molecule has 1 fully saturated rings. The summed E-state index contributed by atoms with van der Waals surface area (Å²) in [6.07, 6.45) is 1.83. The van der Waals surface area contributed by atoms with Crippen molar-refractivity contribution in [1.29, 1.82) is 0 Å². The molecular weight excluding hydrogens is 475 g/mol. The second-order valence-electron chi connectivity index (χ2n) is 6.02. The number of primary amides is 1. The summed E-state index contributed by atoms with van der Waals surface area (Å²) in [6, 6.07) is -1.15. The fourth-order valence-corrected chi connectivity index (χ4v) is 4.69. The van der Waals surface area contributed by atoms with Gasteiger partial charge < -0.3 is 31.6 Å². The van der Waals surface area contributed by atoms with Gasteiger partial charge in [-0.3, -0.25) is 14.7 Å². The maximum absolute atomic E-state index is 12.6. The number of carboxylic acid groups (broad SMARTS) is 1. The molecule has 2 amide bonds. The predicted octanol–water partition coefficient (Wildman–Crippen LogP) is -4.06. The molecule has 16 heteroatoms. The Hall–Kier alpha value is -2.59. The van der Waals surface area contributed by atoms with Crippen LogP contribution in [0.3, 0.4) is 0 Å². The van der Waals surface area contributed by atoms with E-state index in [1.165, 1.54) is 29.3 Å². The average Bonchev–Trinajstić information content (AvgIpc) is 3.14. The van der Waals surface area contributed by atoms with E-state index in [4.69, 9.17) is 16.7 Å². The zero-order chi connectivity index (χ0) is 22.7. The van der Waals surface area contributed by atoms with Crippen LogP contribution < -0.4 is 46.1 Å². The number of nitrogen functional groups attached to an aromatic ring is 1. The molecule has 0 aromatic carbocycles. The molecule has 164 valence electrons. The van der Waals surface area contributed by atoms with Crippen LogP contribution in [0.2, 0.25) is 0 Å². The van der Waals surface area contributed by atoms with Crippen LogP contribution in [0.1, 0.15) is 5.69 Å². The van der Waals surface area contributed by atoms with Gasteiger partial charge in [0.15, 0.2) is 11.2 Å². The third-order valence-corrected chi connectivity index (χ3v) is 6.10. The van der Waals surface area contributed by atoms with Gasteiger partial charge in [-0.25, -0.2) is 14.6 Å². The van der Waals surface area contributed by atoms with Crippen molar-refractivity contribution in [1.82, 2.24) is 9.88 Å². The van der Waals surface area contributed by atoms with E-state index in [9.17, 15) is 24.6 Å². The molecule has 3 heterocycles. The van der Waals surface area contributed by atoms with Gasteiger partial charge in [-0.05, 0) is 11.6 Å². The number of fused-ring (bicyclic) bond motifs is 1. The Morgan fingerprint density at radius 1 is 1.47 bits per heavy atom. The molecule has 0 unspecified atom stereocenters. The third kappa shape index (κ3) is 5.24. The monoisotopic (exact) mass is 490 g/mol. The molecular formula is C16H15N6NaO7S2. The van der Waals surface area contributed by atoms with E-state index in [1.54, 1.807) is 0 Å². The minimum absolute atomic E-state index is 0. The number of nitrogens with zero attached hydrogens (tertiary/aromatic N) is 4. The van der Waals surface area contributed by atoms with Crippen molar-refractivity contribution in [2.75, 3.05) is 18.1 Å². The van der Waals surface area contributed by atoms with Crippen molar-refractivity contribution in [3.8, 4) is 0 Å². The number of hydrogen-bond donors (Lipinski definition) is 4. The summed E-state index contributed by atoms with van der Waals surface area (Å²) in [5, 5.41) is 34.8. The van der Waals surface area contributed by atoms with Crippen molar-refractivity contribution in [2.45, 2.75) is 11.4 Å². The number of hydrogen-bond acceptors (Lipinski definition) is 12. The number of nitrogens with two attached hydrogens (primary N) is 2. The Morgan fingerprint density at radius 2 is 2.19 bits per heavy atom. The number of anilines is 1. The number of amides is 2. The molecule has 0 saturated carbocycles. The van der Waals surface area contributed by atoms with Crippen molar-refractivity contribution in [3.05, 3.63) is 34.5 Å². The minimum atomic E-state index is -1.34. The van der Waals surface area contributed by atoms with Crippen LogP contribution in [0.15, 0.2) is 39.0 Å². The summed E-state index contributed by atoms with van der Waals surface area (Å²) < 4.78 is 4.54. The number of aliphatic carboxylic acids is 1. The van der Waals surface area contributed by atoms with Gasteiger partial charge in [-0.1, -0.05) is 11.2 Å². The fraction of sp³-hybridized carbons (Fsp3) is 0.250. The largest absolute Gasteiger partial charge is 1.00 e. The summed E-state index contributed by atoms with van der Waals surface area (Å²) in [7, 11) is 0. The Morgan fingerprint density at radius 3 is 2.75 bits per heavy atom. The summed E-state index contributed by atoms with van der Waals surface area (Å²) in [5.41, 5.74) is 9.94. The van der Waals surface area contributed by atoms with Crippen molar-refractivity contribution >= 4 is 57.8 Å². The van der Waals surface area contributed by atoms with Crippen LogP contribution in [0, 0.1) is 0 Å². The molecule has 1 saturated heterocycles. The molecule has 0 spiro atoms. The van der Waals surface area contributed by atoms with Crippen LogP contribution in [0.25, 0.3) is 0 Å². The molecule has 0 radical (unpaired) electrons. The Labute approximate surface area is 210 Å². The number of thioether (sulfide) groups is 1. The third-order valence-electron chi connectivity index (χ3n) is 4.14. The Bertz CT molecular complexity index is 1050. The Kier molecular flexibility index (Phi) is 8.68. The number of aromatic nitrogens is 1. The number of allylic oxidation sites excluding steroid dienone is 1. The molecule has 1 aromatic heterocycles. The number of carbonyl (C=O) groups excluding carboxylic acids is 2. The number of rotatable bonds is 7.